The maximum atomic E-state index is 12.2. The zero-order valence-corrected chi connectivity index (χ0v) is 13.7. The first-order valence-corrected chi connectivity index (χ1v) is 8.85. The van der Waals surface area contributed by atoms with Gasteiger partial charge in [0.25, 0.3) is 0 Å². The summed E-state index contributed by atoms with van der Waals surface area (Å²) in [7, 11) is -2.13. The maximum absolute atomic E-state index is 12.2. The van der Waals surface area contributed by atoms with Gasteiger partial charge in [-0.2, -0.15) is 9.57 Å². The lowest BCUT2D eigenvalue weighted by atomic mass is 10.3. The van der Waals surface area contributed by atoms with Gasteiger partial charge in [0.15, 0.2) is 5.25 Å². The van der Waals surface area contributed by atoms with Crippen molar-refractivity contribution in [3.63, 3.8) is 0 Å². The molecule has 0 saturated carbocycles. The highest BCUT2D eigenvalue weighted by Gasteiger charge is 2.28. The van der Waals surface area contributed by atoms with Crippen molar-refractivity contribution in [2.24, 2.45) is 0 Å². The van der Waals surface area contributed by atoms with Gasteiger partial charge in [-0.1, -0.05) is 18.8 Å². The van der Waals surface area contributed by atoms with Crippen molar-refractivity contribution in [3.8, 4) is 17.9 Å². The largest absolute Gasteiger partial charge is 0.395 e. The summed E-state index contributed by atoms with van der Waals surface area (Å²) in [6, 6.07) is 3.65. The van der Waals surface area contributed by atoms with Gasteiger partial charge >= 0.3 is 0 Å². The minimum absolute atomic E-state index is 0.0266. The summed E-state index contributed by atoms with van der Waals surface area (Å²) in [4.78, 5) is 0.830. The lowest BCUT2D eigenvalue weighted by molar-refractivity contribution is 0.305. The SMILES string of the molecule is CCC(C#N)S(=O)(=O)N(C)Cc1csc(C#CCCO)c1. The fourth-order valence-corrected chi connectivity index (χ4v) is 3.75. The van der Waals surface area contributed by atoms with Gasteiger partial charge in [0, 0.05) is 20.0 Å². The van der Waals surface area contributed by atoms with Crippen LogP contribution in [0.2, 0.25) is 0 Å². The van der Waals surface area contributed by atoms with Crippen molar-refractivity contribution < 1.29 is 13.5 Å². The van der Waals surface area contributed by atoms with E-state index in [0.717, 1.165) is 10.4 Å². The molecule has 0 radical (unpaired) electrons. The highest BCUT2D eigenvalue weighted by molar-refractivity contribution is 7.89. The number of nitriles is 1. The molecular weight excluding hydrogens is 308 g/mol. The van der Waals surface area contributed by atoms with E-state index in [1.165, 1.54) is 22.7 Å². The minimum Gasteiger partial charge on any atom is -0.395 e. The molecule has 114 valence electrons. The van der Waals surface area contributed by atoms with Crippen molar-refractivity contribution in [1.82, 2.24) is 4.31 Å². The second-order valence-electron chi connectivity index (χ2n) is 4.42. The van der Waals surface area contributed by atoms with Crippen molar-refractivity contribution in [3.05, 3.63) is 21.9 Å². The standard InChI is InChI=1S/C14H18N2O3S2/c1-3-14(9-15)21(18,19)16(2)10-12-8-13(20-11-12)6-4-5-7-17/h8,11,14,17H,3,5,7,10H2,1-2H3. The van der Waals surface area contributed by atoms with Gasteiger partial charge in [0.1, 0.15) is 0 Å². The number of aliphatic hydroxyl groups excluding tert-OH is 1. The Morgan fingerprint density at radius 1 is 1.52 bits per heavy atom. The molecule has 0 aliphatic rings. The molecule has 0 aliphatic carbocycles. The van der Waals surface area contributed by atoms with Crippen molar-refractivity contribution in [2.75, 3.05) is 13.7 Å². The lowest BCUT2D eigenvalue weighted by Crippen LogP contribution is -2.34. The Morgan fingerprint density at radius 2 is 2.24 bits per heavy atom. The van der Waals surface area contributed by atoms with E-state index in [-0.39, 0.29) is 19.6 Å². The Morgan fingerprint density at radius 3 is 2.81 bits per heavy atom. The van der Waals surface area contributed by atoms with E-state index < -0.39 is 15.3 Å². The van der Waals surface area contributed by atoms with Gasteiger partial charge in [0.05, 0.1) is 17.6 Å². The van der Waals surface area contributed by atoms with Crippen LogP contribution in [0.3, 0.4) is 0 Å². The molecule has 1 atom stereocenters. The first-order chi connectivity index (χ1) is 9.95. The minimum atomic E-state index is -3.60. The molecule has 0 fully saturated rings. The van der Waals surface area contributed by atoms with Crippen molar-refractivity contribution >= 4 is 21.4 Å². The van der Waals surface area contributed by atoms with E-state index in [4.69, 9.17) is 10.4 Å². The first kappa shape index (κ1) is 17.7. The van der Waals surface area contributed by atoms with E-state index >= 15 is 0 Å². The van der Waals surface area contributed by atoms with E-state index in [0.29, 0.717) is 6.42 Å². The average molecular weight is 326 g/mol. The molecule has 0 aliphatic heterocycles. The maximum Gasteiger partial charge on any atom is 0.230 e. The zero-order chi connectivity index (χ0) is 15.9. The smallest absolute Gasteiger partial charge is 0.230 e. The number of aliphatic hydroxyl groups is 1. The normalized spacial score (nSPS) is 12.5. The predicted octanol–water partition coefficient (Wildman–Crippen LogP) is 1.55. The molecule has 0 bridgehead atoms. The summed E-state index contributed by atoms with van der Waals surface area (Å²) in [5, 5.41) is 18.4. The van der Waals surface area contributed by atoms with E-state index in [1.54, 1.807) is 6.92 Å². The van der Waals surface area contributed by atoms with Gasteiger partial charge in [-0.05, 0) is 23.4 Å². The molecule has 5 nitrogen and oxygen atoms in total. The van der Waals surface area contributed by atoms with Crippen molar-refractivity contribution in [1.29, 1.82) is 5.26 Å². The molecule has 0 saturated heterocycles. The van der Waals surface area contributed by atoms with Crippen LogP contribution in [0.1, 0.15) is 30.2 Å². The molecule has 1 unspecified atom stereocenters. The molecule has 7 heteroatoms. The molecule has 1 aromatic heterocycles. The third kappa shape index (κ3) is 4.83. The molecule has 0 aromatic carbocycles. The topological polar surface area (TPSA) is 81.4 Å². The van der Waals surface area contributed by atoms with Gasteiger partial charge in [-0.25, -0.2) is 8.42 Å². The molecule has 0 spiro atoms. The Bertz CT molecular complexity index is 662. The van der Waals surface area contributed by atoms with Crippen LogP contribution in [0.25, 0.3) is 0 Å². The van der Waals surface area contributed by atoms with E-state index in [2.05, 4.69) is 11.8 Å². The van der Waals surface area contributed by atoms with Crippen LogP contribution < -0.4 is 0 Å². The quantitative estimate of drug-likeness (QED) is 0.804. The second kappa shape index (κ2) is 8.16. The van der Waals surface area contributed by atoms with Crippen LogP contribution in [0.15, 0.2) is 11.4 Å². The fourth-order valence-electron chi connectivity index (χ4n) is 1.66. The number of thiophene rings is 1. The summed E-state index contributed by atoms with van der Waals surface area (Å²) >= 11 is 1.43. The first-order valence-electron chi connectivity index (χ1n) is 6.47. The number of hydrogen-bond donors (Lipinski definition) is 1. The molecule has 21 heavy (non-hydrogen) atoms. The van der Waals surface area contributed by atoms with Crippen LogP contribution in [0.4, 0.5) is 0 Å². The highest BCUT2D eigenvalue weighted by Crippen LogP contribution is 2.18. The number of rotatable bonds is 6. The van der Waals surface area contributed by atoms with E-state index in [9.17, 15) is 8.42 Å². The van der Waals surface area contributed by atoms with Crippen LogP contribution in [-0.4, -0.2) is 36.7 Å². The number of sulfonamides is 1. The van der Waals surface area contributed by atoms with Gasteiger partial charge in [-0.3, -0.25) is 0 Å². The van der Waals surface area contributed by atoms with E-state index in [1.807, 2.05) is 17.5 Å². The zero-order valence-electron chi connectivity index (χ0n) is 12.0. The molecule has 1 heterocycles. The van der Waals surface area contributed by atoms with Crippen LogP contribution in [-0.2, 0) is 16.6 Å². The second-order valence-corrected chi connectivity index (χ2v) is 7.56. The Labute approximate surface area is 129 Å². The van der Waals surface area contributed by atoms with Gasteiger partial charge in [-0.15, -0.1) is 11.3 Å². The number of nitrogens with zero attached hydrogens (tertiary/aromatic N) is 2. The average Bonchev–Trinajstić information content (AvgIpc) is 2.87. The predicted molar refractivity (Wildman–Crippen MR) is 83.0 cm³/mol. The summed E-state index contributed by atoms with van der Waals surface area (Å²) in [6.07, 6.45) is 0.687. The molecule has 1 rings (SSSR count). The monoisotopic (exact) mass is 326 g/mol. The summed E-state index contributed by atoms with van der Waals surface area (Å²) < 4.78 is 25.5. The molecule has 1 aromatic rings. The Kier molecular flexibility index (Phi) is 6.86. The van der Waals surface area contributed by atoms with Crippen LogP contribution in [0.5, 0.6) is 0 Å². The number of hydrogen-bond acceptors (Lipinski definition) is 5. The van der Waals surface area contributed by atoms with Crippen LogP contribution in [0, 0.1) is 23.2 Å². The molecule has 1 N–H and O–H groups in total. The molecular formula is C14H18N2O3S2. The van der Waals surface area contributed by atoms with Crippen LogP contribution >= 0.6 is 11.3 Å². The highest BCUT2D eigenvalue weighted by atomic mass is 32.2. The summed E-state index contributed by atoms with van der Waals surface area (Å²) in [5.41, 5.74) is 0.840. The van der Waals surface area contributed by atoms with Gasteiger partial charge in [0.2, 0.25) is 10.0 Å². The van der Waals surface area contributed by atoms with Gasteiger partial charge < -0.3 is 5.11 Å². The Balaban J connectivity index is 2.79. The third-order valence-corrected chi connectivity index (χ3v) is 5.87. The van der Waals surface area contributed by atoms with Crippen molar-refractivity contribution in [2.45, 2.75) is 31.6 Å². The molecule has 0 amide bonds. The fraction of sp³-hybridized carbons (Fsp3) is 0.500. The summed E-state index contributed by atoms with van der Waals surface area (Å²) in [6.45, 7) is 1.93. The lowest BCUT2D eigenvalue weighted by Gasteiger charge is -2.19. The summed E-state index contributed by atoms with van der Waals surface area (Å²) in [5.74, 6) is 5.73. The Hall–Kier alpha value is -1.38. The third-order valence-electron chi connectivity index (χ3n) is 2.82.